The normalized spacial score (nSPS) is 19.6. The van der Waals surface area contributed by atoms with E-state index in [1.807, 2.05) is 0 Å². The lowest BCUT2D eigenvalue weighted by atomic mass is 9.97. The first-order valence-corrected chi connectivity index (χ1v) is 7.37. The van der Waals surface area contributed by atoms with Crippen molar-refractivity contribution in [1.29, 1.82) is 0 Å². The average Bonchev–Trinajstić information content (AvgIpc) is 2.85. The lowest BCUT2D eigenvalue weighted by Crippen LogP contribution is -2.37. The Hall–Kier alpha value is -1.07. The van der Waals surface area contributed by atoms with Gasteiger partial charge in [-0.2, -0.15) is 0 Å². The molecule has 1 atom stereocenters. The van der Waals surface area contributed by atoms with E-state index in [4.69, 9.17) is 11.5 Å². The molecule has 1 aromatic rings. The van der Waals surface area contributed by atoms with Crippen molar-refractivity contribution in [3.8, 4) is 0 Å². The van der Waals surface area contributed by atoms with Crippen LogP contribution in [0.3, 0.4) is 0 Å². The Morgan fingerprint density at radius 1 is 1.50 bits per heavy atom. The molecule has 0 aliphatic carbocycles. The van der Waals surface area contributed by atoms with Crippen LogP contribution in [0.1, 0.15) is 30.7 Å². The molecule has 0 aromatic carbocycles. The number of likely N-dealkylation sites (tertiary alicyclic amines) is 1. The van der Waals surface area contributed by atoms with E-state index < -0.39 is 0 Å². The summed E-state index contributed by atoms with van der Waals surface area (Å²) in [5, 5.41) is 2.12. The number of piperidine rings is 1. The molecule has 1 aromatic heterocycles. The van der Waals surface area contributed by atoms with Gasteiger partial charge in [-0.25, -0.2) is 0 Å². The van der Waals surface area contributed by atoms with Gasteiger partial charge in [0.25, 0.3) is 0 Å². The van der Waals surface area contributed by atoms with Crippen molar-refractivity contribution in [2.24, 2.45) is 22.4 Å². The predicted molar refractivity (Wildman–Crippen MR) is 77.7 cm³/mol. The van der Waals surface area contributed by atoms with E-state index >= 15 is 0 Å². The lowest BCUT2D eigenvalue weighted by molar-refractivity contribution is 0.143. The van der Waals surface area contributed by atoms with Crippen molar-refractivity contribution < 1.29 is 0 Å². The molecule has 4 nitrogen and oxygen atoms in total. The number of hydrogen-bond acceptors (Lipinski definition) is 3. The highest BCUT2D eigenvalue weighted by Crippen LogP contribution is 2.29. The van der Waals surface area contributed by atoms with Crippen LogP contribution in [0.25, 0.3) is 0 Å². The highest BCUT2D eigenvalue weighted by molar-refractivity contribution is 7.10. The number of rotatable bonds is 4. The highest BCUT2D eigenvalue weighted by Gasteiger charge is 2.24. The minimum atomic E-state index is 0.182. The van der Waals surface area contributed by atoms with Gasteiger partial charge >= 0.3 is 0 Å². The van der Waals surface area contributed by atoms with Crippen LogP contribution in [0.5, 0.6) is 0 Å². The van der Waals surface area contributed by atoms with E-state index in [-0.39, 0.29) is 5.96 Å². The maximum Gasteiger partial charge on any atom is 0.185 e. The van der Waals surface area contributed by atoms with Crippen LogP contribution in [-0.4, -0.2) is 30.5 Å². The average molecular weight is 266 g/mol. The highest BCUT2D eigenvalue weighted by atomic mass is 32.1. The standard InChI is InChI=1S/C13H22N4S/c1-10-4-6-17(7-5-10)11(9-16-13(14)15)12-3-2-8-18-12/h2-3,8,10-11H,4-7,9H2,1H3,(H4,14,15,16)/t11-/m1/s1. The third-order valence-corrected chi connectivity index (χ3v) is 4.55. The van der Waals surface area contributed by atoms with E-state index in [2.05, 4.69) is 34.3 Å². The van der Waals surface area contributed by atoms with E-state index in [0.717, 1.165) is 19.0 Å². The Kier molecular flexibility index (Phi) is 4.60. The van der Waals surface area contributed by atoms with Gasteiger partial charge in [-0.3, -0.25) is 9.89 Å². The fraction of sp³-hybridized carbons (Fsp3) is 0.615. The molecule has 2 heterocycles. The molecule has 0 unspecified atom stereocenters. The van der Waals surface area contributed by atoms with Gasteiger partial charge in [-0.05, 0) is 43.3 Å². The summed E-state index contributed by atoms with van der Waals surface area (Å²) in [6.45, 7) is 5.28. The van der Waals surface area contributed by atoms with E-state index in [0.29, 0.717) is 12.6 Å². The fourth-order valence-electron chi connectivity index (χ4n) is 2.40. The number of thiophene rings is 1. The Morgan fingerprint density at radius 2 is 2.22 bits per heavy atom. The zero-order valence-electron chi connectivity index (χ0n) is 10.9. The molecule has 0 saturated carbocycles. The van der Waals surface area contributed by atoms with Crippen molar-refractivity contribution in [3.05, 3.63) is 22.4 Å². The summed E-state index contributed by atoms with van der Waals surface area (Å²) in [6.07, 6.45) is 2.54. The summed E-state index contributed by atoms with van der Waals surface area (Å²) in [5.41, 5.74) is 10.9. The van der Waals surface area contributed by atoms with Gasteiger partial charge in [0.15, 0.2) is 5.96 Å². The van der Waals surface area contributed by atoms with E-state index in [1.165, 1.54) is 17.7 Å². The number of nitrogens with zero attached hydrogens (tertiary/aromatic N) is 2. The molecule has 2 rings (SSSR count). The van der Waals surface area contributed by atoms with Crippen molar-refractivity contribution in [3.63, 3.8) is 0 Å². The second-order valence-corrected chi connectivity index (χ2v) is 5.99. The van der Waals surface area contributed by atoms with Crippen LogP contribution < -0.4 is 11.5 Å². The molecule has 18 heavy (non-hydrogen) atoms. The summed E-state index contributed by atoms with van der Waals surface area (Å²) < 4.78 is 0. The van der Waals surface area contributed by atoms with E-state index in [1.54, 1.807) is 11.3 Å². The van der Waals surface area contributed by atoms with E-state index in [9.17, 15) is 0 Å². The first kappa shape index (κ1) is 13.4. The maximum absolute atomic E-state index is 5.46. The van der Waals surface area contributed by atoms with Crippen LogP contribution in [0.2, 0.25) is 0 Å². The van der Waals surface area contributed by atoms with Gasteiger partial charge in [0, 0.05) is 4.88 Å². The fourth-order valence-corrected chi connectivity index (χ4v) is 3.25. The van der Waals surface area contributed by atoms with Gasteiger partial charge < -0.3 is 11.5 Å². The third-order valence-electron chi connectivity index (χ3n) is 3.58. The lowest BCUT2D eigenvalue weighted by Gasteiger charge is -2.35. The molecule has 5 heteroatoms. The van der Waals surface area contributed by atoms with Crippen LogP contribution in [0.4, 0.5) is 0 Å². The van der Waals surface area contributed by atoms with Gasteiger partial charge in [0.1, 0.15) is 0 Å². The molecular formula is C13H22N4S. The second-order valence-electron chi connectivity index (χ2n) is 5.02. The molecule has 0 amide bonds. The smallest absolute Gasteiger partial charge is 0.185 e. The topological polar surface area (TPSA) is 67.6 Å². The van der Waals surface area contributed by atoms with Gasteiger partial charge in [-0.15, -0.1) is 11.3 Å². The molecule has 1 saturated heterocycles. The summed E-state index contributed by atoms with van der Waals surface area (Å²) in [7, 11) is 0. The second kappa shape index (κ2) is 6.20. The van der Waals surface area contributed by atoms with Crippen molar-refractivity contribution in [2.45, 2.75) is 25.8 Å². The summed E-state index contributed by atoms with van der Waals surface area (Å²) in [6, 6.07) is 4.60. The minimum Gasteiger partial charge on any atom is -0.370 e. The van der Waals surface area contributed by atoms with Crippen LogP contribution in [0, 0.1) is 5.92 Å². The van der Waals surface area contributed by atoms with Crippen LogP contribution in [-0.2, 0) is 0 Å². The predicted octanol–water partition coefficient (Wildman–Crippen LogP) is 1.79. The molecule has 100 valence electrons. The molecule has 1 aliphatic heterocycles. The molecule has 0 spiro atoms. The molecule has 0 bridgehead atoms. The first-order valence-electron chi connectivity index (χ1n) is 6.49. The Bertz CT molecular complexity index is 376. The van der Waals surface area contributed by atoms with Gasteiger partial charge in [0.05, 0.1) is 12.6 Å². The zero-order valence-corrected chi connectivity index (χ0v) is 11.7. The first-order chi connectivity index (χ1) is 8.66. The molecular weight excluding hydrogens is 244 g/mol. The quantitative estimate of drug-likeness (QED) is 0.645. The Balaban J connectivity index is 2.07. The van der Waals surface area contributed by atoms with Gasteiger partial charge in [-0.1, -0.05) is 13.0 Å². The van der Waals surface area contributed by atoms with Crippen molar-refractivity contribution >= 4 is 17.3 Å². The summed E-state index contributed by atoms with van der Waals surface area (Å²) in [5.74, 6) is 1.02. The number of hydrogen-bond donors (Lipinski definition) is 2. The summed E-state index contributed by atoms with van der Waals surface area (Å²) >= 11 is 1.78. The van der Waals surface area contributed by atoms with Gasteiger partial charge in [0.2, 0.25) is 0 Å². The minimum absolute atomic E-state index is 0.182. The molecule has 1 aliphatic rings. The Morgan fingerprint density at radius 3 is 2.78 bits per heavy atom. The van der Waals surface area contributed by atoms with Crippen LogP contribution >= 0.6 is 11.3 Å². The molecule has 0 radical (unpaired) electrons. The summed E-state index contributed by atoms with van der Waals surface area (Å²) in [4.78, 5) is 8.08. The molecule has 1 fully saturated rings. The number of guanidine groups is 1. The SMILES string of the molecule is CC1CCN([C@H](CN=C(N)N)c2cccs2)CC1. The number of nitrogens with two attached hydrogens (primary N) is 2. The van der Waals surface area contributed by atoms with Crippen LogP contribution in [0.15, 0.2) is 22.5 Å². The maximum atomic E-state index is 5.46. The largest absolute Gasteiger partial charge is 0.370 e. The van der Waals surface area contributed by atoms with Crippen molar-refractivity contribution in [1.82, 2.24) is 4.90 Å². The number of aliphatic imine (C=N–C) groups is 1. The third kappa shape index (κ3) is 3.46. The zero-order chi connectivity index (χ0) is 13.0. The molecule has 4 N–H and O–H groups in total. The monoisotopic (exact) mass is 266 g/mol. The Labute approximate surface area is 113 Å². The van der Waals surface area contributed by atoms with Crippen molar-refractivity contribution in [2.75, 3.05) is 19.6 Å².